The normalized spacial score (nSPS) is 11.9. The number of benzene rings is 2. The molecule has 0 fully saturated rings. The van der Waals surface area contributed by atoms with Crippen LogP contribution in [0.15, 0.2) is 54.6 Å². The number of carbonyl (C=O) groups excluding carboxylic acids is 1. The molecule has 2 aromatic carbocycles. The van der Waals surface area contributed by atoms with Gasteiger partial charge >= 0.3 is 0 Å². The predicted octanol–water partition coefficient (Wildman–Crippen LogP) is 4.05. The Morgan fingerprint density at radius 2 is 1.75 bits per heavy atom. The number of aryl methyl sites for hydroxylation is 3. The van der Waals surface area contributed by atoms with E-state index in [0.29, 0.717) is 18.7 Å². The van der Waals surface area contributed by atoms with E-state index in [1.807, 2.05) is 80.9 Å². The third-order valence-corrected chi connectivity index (χ3v) is 4.55. The van der Waals surface area contributed by atoms with Crippen LogP contribution in [0, 0.1) is 20.8 Å². The van der Waals surface area contributed by atoms with Crippen molar-refractivity contribution < 1.29 is 9.53 Å². The zero-order valence-electron chi connectivity index (χ0n) is 16.9. The summed E-state index contributed by atoms with van der Waals surface area (Å²) in [6, 6.07) is 17.5. The molecule has 0 aliphatic carbocycles. The monoisotopic (exact) mass is 377 g/mol. The molecule has 1 atom stereocenters. The van der Waals surface area contributed by atoms with Gasteiger partial charge in [0.1, 0.15) is 12.4 Å². The molecular weight excluding hydrogens is 350 g/mol. The highest BCUT2D eigenvalue weighted by molar-refractivity contribution is 5.94. The first-order chi connectivity index (χ1) is 13.4. The Bertz CT molecular complexity index is 927. The van der Waals surface area contributed by atoms with Crippen molar-refractivity contribution in [2.75, 3.05) is 6.61 Å². The highest BCUT2D eigenvalue weighted by Gasteiger charge is 2.11. The zero-order valence-corrected chi connectivity index (χ0v) is 16.9. The van der Waals surface area contributed by atoms with Gasteiger partial charge in [0.15, 0.2) is 0 Å². The lowest BCUT2D eigenvalue weighted by Gasteiger charge is -2.15. The summed E-state index contributed by atoms with van der Waals surface area (Å²) in [6.07, 6.45) is 0. The zero-order chi connectivity index (χ0) is 20.1. The first-order valence-electron chi connectivity index (χ1n) is 9.51. The summed E-state index contributed by atoms with van der Waals surface area (Å²) in [4.78, 5) is 12.5. The SMILES string of the molecule is Cc1ccc(OC[C@H](C)NC(=O)c2ccc(Cn3nc(C)cc3C)cc2)cc1. The minimum absolute atomic E-state index is 0.0943. The summed E-state index contributed by atoms with van der Waals surface area (Å²) in [5.41, 5.74) is 5.07. The van der Waals surface area contributed by atoms with E-state index in [4.69, 9.17) is 4.74 Å². The van der Waals surface area contributed by atoms with Gasteiger partial charge in [0, 0.05) is 11.3 Å². The minimum Gasteiger partial charge on any atom is -0.491 e. The quantitative estimate of drug-likeness (QED) is 0.676. The smallest absolute Gasteiger partial charge is 0.251 e. The Labute approximate surface area is 166 Å². The second-order valence-electron chi connectivity index (χ2n) is 7.28. The number of hydrogen-bond donors (Lipinski definition) is 1. The molecular formula is C23H27N3O2. The molecule has 5 heteroatoms. The van der Waals surface area contributed by atoms with Gasteiger partial charge in [-0.15, -0.1) is 0 Å². The van der Waals surface area contributed by atoms with Crippen LogP contribution in [0.5, 0.6) is 5.75 Å². The predicted molar refractivity (Wildman–Crippen MR) is 111 cm³/mol. The number of ether oxygens (including phenoxy) is 1. The van der Waals surface area contributed by atoms with Gasteiger partial charge in [-0.25, -0.2) is 0 Å². The highest BCUT2D eigenvalue weighted by Crippen LogP contribution is 2.12. The summed E-state index contributed by atoms with van der Waals surface area (Å²) < 4.78 is 7.70. The van der Waals surface area contributed by atoms with Crippen molar-refractivity contribution in [1.29, 1.82) is 0 Å². The lowest BCUT2D eigenvalue weighted by molar-refractivity contribution is 0.0926. The molecule has 0 saturated carbocycles. The van der Waals surface area contributed by atoms with E-state index in [2.05, 4.69) is 16.5 Å². The number of hydrogen-bond acceptors (Lipinski definition) is 3. The molecule has 1 aromatic heterocycles. The van der Waals surface area contributed by atoms with Crippen LogP contribution in [-0.4, -0.2) is 28.3 Å². The summed E-state index contributed by atoms with van der Waals surface area (Å²) in [7, 11) is 0. The van der Waals surface area contributed by atoms with Crippen LogP contribution >= 0.6 is 0 Å². The fourth-order valence-electron chi connectivity index (χ4n) is 2.97. The van der Waals surface area contributed by atoms with Gasteiger partial charge in [0.25, 0.3) is 5.91 Å². The van der Waals surface area contributed by atoms with E-state index in [-0.39, 0.29) is 11.9 Å². The van der Waals surface area contributed by atoms with E-state index in [9.17, 15) is 4.79 Å². The summed E-state index contributed by atoms with van der Waals surface area (Å²) >= 11 is 0. The second kappa shape index (κ2) is 8.74. The molecule has 3 rings (SSSR count). The van der Waals surface area contributed by atoms with Crippen molar-refractivity contribution >= 4 is 5.91 Å². The number of nitrogens with one attached hydrogen (secondary N) is 1. The third kappa shape index (κ3) is 5.22. The van der Waals surface area contributed by atoms with Gasteiger partial charge in [0.2, 0.25) is 0 Å². The molecule has 1 heterocycles. The molecule has 0 unspecified atom stereocenters. The third-order valence-electron chi connectivity index (χ3n) is 4.55. The van der Waals surface area contributed by atoms with E-state index in [0.717, 1.165) is 22.7 Å². The van der Waals surface area contributed by atoms with Crippen LogP contribution in [-0.2, 0) is 6.54 Å². The standard InChI is InChI=1S/C23H27N3O2/c1-16-5-11-22(12-6-16)28-15-18(3)24-23(27)21-9-7-20(8-10-21)14-26-19(4)13-17(2)25-26/h5-13,18H,14-15H2,1-4H3,(H,24,27)/t18-/m0/s1. The number of aromatic nitrogens is 2. The lowest BCUT2D eigenvalue weighted by Crippen LogP contribution is -2.36. The molecule has 0 radical (unpaired) electrons. The molecule has 1 N–H and O–H groups in total. The van der Waals surface area contributed by atoms with Gasteiger partial charge in [-0.3, -0.25) is 9.48 Å². The van der Waals surface area contributed by atoms with Crippen LogP contribution < -0.4 is 10.1 Å². The van der Waals surface area contributed by atoms with Crippen molar-refractivity contribution in [3.05, 3.63) is 82.7 Å². The van der Waals surface area contributed by atoms with E-state index in [1.54, 1.807) is 0 Å². The van der Waals surface area contributed by atoms with Gasteiger partial charge < -0.3 is 10.1 Å². The van der Waals surface area contributed by atoms with Gasteiger partial charge in [-0.2, -0.15) is 5.10 Å². The Balaban J connectivity index is 1.52. The van der Waals surface area contributed by atoms with Crippen LogP contribution in [0.1, 0.15) is 39.8 Å². The molecule has 0 aliphatic heterocycles. The topological polar surface area (TPSA) is 56.1 Å². The van der Waals surface area contributed by atoms with Gasteiger partial charge in [-0.1, -0.05) is 29.8 Å². The first kappa shape index (κ1) is 19.7. The number of rotatable bonds is 7. The van der Waals surface area contributed by atoms with E-state index in [1.165, 1.54) is 5.56 Å². The fourth-order valence-corrected chi connectivity index (χ4v) is 2.97. The maximum atomic E-state index is 12.5. The average Bonchev–Trinajstić information content (AvgIpc) is 2.98. The fraction of sp³-hybridized carbons (Fsp3) is 0.304. The van der Waals surface area contributed by atoms with E-state index < -0.39 is 0 Å². The van der Waals surface area contributed by atoms with E-state index >= 15 is 0 Å². The molecule has 0 saturated heterocycles. The van der Waals surface area contributed by atoms with Crippen molar-refractivity contribution in [3.63, 3.8) is 0 Å². The molecule has 28 heavy (non-hydrogen) atoms. The Morgan fingerprint density at radius 1 is 1.07 bits per heavy atom. The molecule has 0 bridgehead atoms. The largest absolute Gasteiger partial charge is 0.491 e. The lowest BCUT2D eigenvalue weighted by atomic mass is 10.1. The van der Waals surface area contributed by atoms with Crippen molar-refractivity contribution in [3.8, 4) is 5.75 Å². The van der Waals surface area contributed by atoms with Crippen LogP contribution in [0.4, 0.5) is 0 Å². The molecule has 3 aromatic rings. The maximum absolute atomic E-state index is 12.5. The number of nitrogens with zero attached hydrogens (tertiary/aromatic N) is 2. The van der Waals surface area contributed by atoms with Gasteiger partial charge in [0.05, 0.1) is 18.3 Å². The average molecular weight is 377 g/mol. The number of amides is 1. The molecule has 5 nitrogen and oxygen atoms in total. The van der Waals surface area contributed by atoms with Crippen LogP contribution in [0.3, 0.4) is 0 Å². The number of carbonyl (C=O) groups is 1. The molecule has 0 aliphatic rings. The van der Waals surface area contributed by atoms with Crippen LogP contribution in [0.2, 0.25) is 0 Å². The first-order valence-corrected chi connectivity index (χ1v) is 9.51. The highest BCUT2D eigenvalue weighted by atomic mass is 16.5. The van der Waals surface area contributed by atoms with Gasteiger partial charge in [-0.05, 0) is 63.6 Å². The molecule has 1 amide bonds. The summed E-state index contributed by atoms with van der Waals surface area (Å²) in [5.74, 6) is 0.706. The Morgan fingerprint density at radius 3 is 2.36 bits per heavy atom. The van der Waals surface area contributed by atoms with Crippen LogP contribution in [0.25, 0.3) is 0 Å². The van der Waals surface area contributed by atoms with Crippen molar-refractivity contribution in [1.82, 2.24) is 15.1 Å². The Hall–Kier alpha value is -3.08. The summed E-state index contributed by atoms with van der Waals surface area (Å²) in [6.45, 7) is 9.12. The van der Waals surface area contributed by atoms with Crippen molar-refractivity contribution in [2.24, 2.45) is 0 Å². The summed E-state index contributed by atoms with van der Waals surface area (Å²) in [5, 5.41) is 7.45. The minimum atomic E-state index is -0.0994. The second-order valence-corrected chi connectivity index (χ2v) is 7.28. The van der Waals surface area contributed by atoms with Crippen molar-refractivity contribution in [2.45, 2.75) is 40.3 Å². The molecule has 146 valence electrons. The molecule has 0 spiro atoms. The maximum Gasteiger partial charge on any atom is 0.251 e. The Kier molecular flexibility index (Phi) is 6.14.